The molecule has 0 aromatic heterocycles. The van der Waals surface area contributed by atoms with Crippen molar-refractivity contribution in [3.05, 3.63) is 23.8 Å². The van der Waals surface area contributed by atoms with E-state index in [1.165, 1.54) is 24.8 Å². The number of benzene rings is 1. The van der Waals surface area contributed by atoms with Gasteiger partial charge in [0.05, 0.1) is 13.2 Å². The summed E-state index contributed by atoms with van der Waals surface area (Å²) in [5, 5.41) is 9.24. The molecule has 1 aromatic rings. The SMILES string of the molecule is COc1cc(CN2CCCCC2CCO)ccc1OC(C)C. The van der Waals surface area contributed by atoms with Gasteiger partial charge in [-0.3, -0.25) is 4.90 Å². The van der Waals surface area contributed by atoms with Crippen LogP contribution >= 0.6 is 0 Å². The zero-order valence-electron chi connectivity index (χ0n) is 14.0. The number of piperidine rings is 1. The molecule has 0 aliphatic carbocycles. The monoisotopic (exact) mass is 307 g/mol. The van der Waals surface area contributed by atoms with Gasteiger partial charge in [0.25, 0.3) is 0 Å². The van der Waals surface area contributed by atoms with E-state index in [9.17, 15) is 5.11 Å². The number of aliphatic hydroxyl groups excluding tert-OH is 1. The molecule has 1 fully saturated rings. The van der Waals surface area contributed by atoms with Crippen molar-refractivity contribution in [3.8, 4) is 11.5 Å². The molecule has 124 valence electrons. The number of likely N-dealkylation sites (tertiary alicyclic amines) is 1. The Morgan fingerprint density at radius 3 is 2.77 bits per heavy atom. The molecule has 1 aromatic carbocycles. The number of aliphatic hydroxyl groups is 1. The highest BCUT2D eigenvalue weighted by atomic mass is 16.5. The molecular weight excluding hydrogens is 278 g/mol. The van der Waals surface area contributed by atoms with Gasteiger partial charge in [0.15, 0.2) is 11.5 Å². The lowest BCUT2D eigenvalue weighted by Crippen LogP contribution is -2.39. The molecule has 1 N–H and O–H groups in total. The van der Waals surface area contributed by atoms with E-state index in [4.69, 9.17) is 9.47 Å². The molecule has 4 heteroatoms. The second kappa shape index (κ2) is 8.39. The molecule has 22 heavy (non-hydrogen) atoms. The summed E-state index contributed by atoms with van der Waals surface area (Å²) >= 11 is 0. The van der Waals surface area contributed by atoms with Crippen molar-refractivity contribution in [1.29, 1.82) is 0 Å². The minimum atomic E-state index is 0.135. The summed E-state index contributed by atoms with van der Waals surface area (Å²) in [7, 11) is 1.68. The molecule has 1 aliphatic heterocycles. The predicted octanol–water partition coefficient (Wildman–Crippen LogP) is 3.22. The van der Waals surface area contributed by atoms with Crippen LogP contribution in [0.5, 0.6) is 11.5 Å². The van der Waals surface area contributed by atoms with Gasteiger partial charge in [-0.05, 0) is 57.4 Å². The summed E-state index contributed by atoms with van der Waals surface area (Å²) in [5.74, 6) is 1.59. The van der Waals surface area contributed by atoms with E-state index in [0.29, 0.717) is 6.04 Å². The molecule has 0 spiro atoms. The Morgan fingerprint density at radius 1 is 1.27 bits per heavy atom. The van der Waals surface area contributed by atoms with Gasteiger partial charge in [0.2, 0.25) is 0 Å². The van der Waals surface area contributed by atoms with Gasteiger partial charge >= 0.3 is 0 Å². The van der Waals surface area contributed by atoms with Gasteiger partial charge in [-0.25, -0.2) is 0 Å². The Bertz CT molecular complexity index is 460. The Hall–Kier alpha value is -1.26. The summed E-state index contributed by atoms with van der Waals surface area (Å²) in [6.45, 7) is 6.31. The van der Waals surface area contributed by atoms with Crippen molar-refractivity contribution in [2.45, 2.75) is 58.2 Å². The first-order chi connectivity index (χ1) is 10.6. The van der Waals surface area contributed by atoms with Gasteiger partial charge in [0, 0.05) is 19.2 Å². The van der Waals surface area contributed by atoms with Crippen LogP contribution in [0.3, 0.4) is 0 Å². The fourth-order valence-electron chi connectivity index (χ4n) is 3.14. The van der Waals surface area contributed by atoms with Gasteiger partial charge in [0.1, 0.15) is 0 Å². The minimum absolute atomic E-state index is 0.135. The molecule has 1 atom stereocenters. The van der Waals surface area contributed by atoms with Crippen LogP contribution in [0.25, 0.3) is 0 Å². The van der Waals surface area contributed by atoms with E-state index in [1.54, 1.807) is 7.11 Å². The maximum atomic E-state index is 9.24. The minimum Gasteiger partial charge on any atom is -0.493 e. The van der Waals surface area contributed by atoms with Crippen LogP contribution < -0.4 is 9.47 Å². The van der Waals surface area contributed by atoms with Crippen LogP contribution in [0.15, 0.2) is 18.2 Å². The van der Waals surface area contributed by atoms with Crippen LogP contribution in [0, 0.1) is 0 Å². The Morgan fingerprint density at radius 2 is 2.09 bits per heavy atom. The lowest BCUT2D eigenvalue weighted by Gasteiger charge is -2.35. The molecule has 1 unspecified atom stereocenters. The molecule has 0 radical (unpaired) electrons. The summed E-state index contributed by atoms with van der Waals surface area (Å²) in [6, 6.07) is 6.68. The third-order valence-electron chi connectivity index (χ3n) is 4.19. The normalized spacial score (nSPS) is 19.4. The van der Waals surface area contributed by atoms with Crippen molar-refractivity contribution >= 4 is 0 Å². The lowest BCUT2D eigenvalue weighted by atomic mass is 9.99. The van der Waals surface area contributed by atoms with Crippen molar-refractivity contribution in [2.75, 3.05) is 20.3 Å². The van der Waals surface area contributed by atoms with Crippen molar-refractivity contribution < 1.29 is 14.6 Å². The van der Waals surface area contributed by atoms with Crippen LogP contribution in [0.1, 0.15) is 45.1 Å². The molecule has 1 aliphatic rings. The summed E-state index contributed by atoms with van der Waals surface area (Å²) in [4.78, 5) is 2.48. The Kier molecular flexibility index (Phi) is 6.52. The first-order valence-corrected chi connectivity index (χ1v) is 8.32. The summed E-state index contributed by atoms with van der Waals surface area (Å²) in [5.41, 5.74) is 1.23. The fourth-order valence-corrected chi connectivity index (χ4v) is 3.14. The quantitative estimate of drug-likeness (QED) is 0.840. The fraction of sp³-hybridized carbons (Fsp3) is 0.667. The van der Waals surface area contributed by atoms with Crippen molar-refractivity contribution in [1.82, 2.24) is 4.90 Å². The van der Waals surface area contributed by atoms with Crippen LogP contribution in [-0.4, -0.2) is 42.4 Å². The zero-order valence-corrected chi connectivity index (χ0v) is 14.0. The van der Waals surface area contributed by atoms with Gasteiger partial charge in [-0.2, -0.15) is 0 Å². The summed E-state index contributed by atoms with van der Waals surface area (Å²) in [6.07, 6.45) is 4.70. The highest BCUT2D eigenvalue weighted by Crippen LogP contribution is 2.30. The Balaban J connectivity index is 2.08. The van der Waals surface area contributed by atoms with Gasteiger partial charge < -0.3 is 14.6 Å². The molecule has 4 nitrogen and oxygen atoms in total. The second-order valence-corrected chi connectivity index (χ2v) is 6.28. The van der Waals surface area contributed by atoms with Crippen LogP contribution in [-0.2, 0) is 6.54 Å². The van der Waals surface area contributed by atoms with Crippen LogP contribution in [0.4, 0.5) is 0 Å². The van der Waals surface area contributed by atoms with E-state index >= 15 is 0 Å². The van der Waals surface area contributed by atoms with E-state index in [2.05, 4.69) is 17.0 Å². The first-order valence-electron chi connectivity index (χ1n) is 8.32. The third-order valence-corrected chi connectivity index (χ3v) is 4.19. The topological polar surface area (TPSA) is 41.9 Å². The van der Waals surface area contributed by atoms with Crippen molar-refractivity contribution in [3.63, 3.8) is 0 Å². The molecule has 0 amide bonds. The average molecular weight is 307 g/mol. The molecule has 0 saturated carbocycles. The number of nitrogens with zero attached hydrogens (tertiary/aromatic N) is 1. The van der Waals surface area contributed by atoms with E-state index in [-0.39, 0.29) is 12.7 Å². The maximum Gasteiger partial charge on any atom is 0.161 e. The highest BCUT2D eigenvalue weighted by Gasteiger charge is 2.22. The number of methoxy groups -OCH3 is 1. The predicted molar refractivity (Wildman–Crippen MR) is 88.5 cm³/mol. The van der Waals surface area contributed by atoms with E-state index in [0.717, 1.165) is 31.0 Å². The highest BCUT2D eigenvalue weighted by molar-refractivity contribution is 5.43. The van der Waals surface area contributed by atoms with Crippen molar-refractivity contribution in [2.24, 2.45) is 0 Å². The summed E-state index contributed by atoms with van der Waals surface area (Å²) < 4.78 is 11.2. The smallest absolute Gasteiger partial charge is 0.161 e. The maximum absolute atomic E-state index is 9.24. The molecule has 1 saturated heterocycles. The number of hydrogen-bond acceptors (Lipinski definition) is 4. The average Bonchev–Trinajstić information content (AvgIpc) is 2.50. The first kappa shape index (κ1) is 17.1. The molecular formula is C18H29NO3. The standard InChI is InChI=1S/C18H29NO3/c1-14(2)22-17-8-7-15(12-18(17)21-3)13-19-10-5-4-6-16(19)9-11-20/h7-8,12,14,16,20H,4-6,9-11,13H2,1-3H3. The number of hydrogen-bond donors (Lipinski definition) is 1. The van der Waals surface area contributed by atoms with Gasteiger partial charge in [-0.1, -0.05) is 12.5 Å². The number of rotatable bonds is 7. The molecule has 1 heterocycles. The molecule has 0 bridgehead atoms. The lowest BCUT2D eigenvalue weighted by molar-refractivity contribution is 0.112. The van der Waals surface area contributed by atoms with Gasteiger partial charge in [-0.15, -0.1) is 0 Å². The Labute approximate surface area is 134 Å². The van der Waals surface area contributed by atoms with Crippen LogP contribution in [0.2, 0.25) is 0 Å². The second-order valence-electron chi connectivity index (χ2n) is 6.28. The largest absolute Gasteiger partial charge is 0.493 e. The zero-order chi connectivity index (χ0) is 15.9. The van der Waals surface area contributed by atoms with E-state index < -0.39 is 0 Å². The number of ether oxygens (including phenoxy) is 2. The molecule has 2 rings (SSSR count). The third kappa shape index (κ3) is 4.62. The van der Waals surface area contributed by atoms with E-state index in [1.807, 2.05) is 19.9 Å².